The van der Waals surface area contributed by atoms with Crippen LogP contribution in [0.2, 0.25) is 0 Å². The van der Waals surface area contributed by atoms with Gasteiger partial charge >= 0.3 is 0 Å². The molecule has 1 aromatic heterocycles. The molecule has 0 fully saturated rings. The Morgan fingerprint density at radius 3 is 2.42 bits per heavy atom. The summed E-state index contributed by atoms with van der Waals surface area (Å²) in [4.78, 5) is 0. The second kappa shape index (κ2) is 6.16. The third kappa shape index (κ3) is 2.47. The minimum Gasteiger partial charge on any atom is -0.423 e. The number of aryl methyl sites for hydroxylation is 2. The minimum absolute atomic E-state index is 0.0392. The fraction of sp³-hybridized carbons (Fsp3) is 0.190. The average Bonchev–Trinajstić information content (AvgIpc) is 2.98. The molecule has 2 atom stereocenters. The van der Waals surface area contributed by atoms with Crippen molar-refractivity contribution in [3.05, 3.63) is 77.0 Å². The van der Waals surface area contributed by atoms with Crippen molar-refractivity contribution < 1.29 is 4.74 Å². The Kier molecular flexibility index (Phi) is 3.81. The third-order valence-corrected chi connectivity index (χ3v) is 4.77. The van der Waals surface area contributed by atoms with Crippen LogP contribution in [0.15, 0.2) is 54.6 Å². The molecule has 2 unspecified atom stereocenters. The maximum Gasteiger partial charge on any atom is 0.228 e. The molecule has 1 N–H and O–H groups in total. The first kappa shape index (κ1) is 16.1. The minimum atomic E-state index is -0.669. The van der Waals surface area contributed by atoms with Gasteiger partial charge in [-0.15, -0.1) is 0 Å². The van der Waals surface area contributed by atoms with E-state index in [-0.39, 0.29) is 11.8 Å². The first-order valence-electron chi connectivity index (χ1n) is 8.47. The number of aromatic nitrogens is 2. The summed E-state index contributed by atoms with van der Waals surface area (Å²) in [5.74, 6) is -0.454. The standard InChI is InChI=1S/C21H18N4O/c1-13-8-10-15(11-9-13)19-17(12-22)20(23)26-21-18(19)14(2)24-25(21)16-6-4-3-5-7-16/h3-11,17,19,23H,1-2H3. The summed E-state index contributed by atoms with van der Waals surface area (Å²) in [6, 6.07) is 20.0. The van der Waals surface area contributed by atoms with E-state index in [9.17, 15) is 5.26 Å². The maximum absolute atomic E-state index is 9.69. The van der Waals surface area contributed by atoms with Crippen molar-refractivity contribution in [2.75, 3.05) is 0 Å². The van der Waals surface area contributed by atoms with E-state index in [1.165, 1.54) is 0 Å². The molecule has 2 heterocycles. The lowest BCUT2D eigenvalue weighted by Gasteiger charge is -2.28. The van der Waals surface area contributed by atoms with Crippen molar-refractivity contribution in [2.45, 2.75) is 19.8 Å². The molecular weight excluding hydrogens is 324 g/mol. The molecule has 0 spiro atoms. The number of hydrogen-bond acceptors (Lipinski definition) is 4. The zero-order valence-electron chi connectivity index (χ0n) is 14.6. The quantitative estimate of drug-likeness (QED) is 0.761. The second-order valence-electron chi connectivity index (χ2n) is 6.51. The van der Waals surface area contributed by atoms with E-state index in [4.69, 9.17) is 10.1 Å². The van der Waals surface area contributed by atoms with Crippen LogP contribution in [-0.2, 0) is 0 Å². The Morgan fingerprint density at radius 2 is 1.77 bits per heavy atom. The topological polar surface area (TPSA) is 74.7 Å². The van der Waals surface area contributed by atoms with E-state index in [1.54, 1.807) is 4.68 Å². The van der Waals surface area contributed by atoms with Crippen LogP contribution in [0.4, 0.5) is 0 Å². The van der Waals surface area contributed by atoms with Gasteiger partial charge < -0.3 is 4.74 Å². The van der Waals surface area contributed by atoms with Crippen molar-refractivity contribution in [1.82, 2.24) is 9.78 Å². The summed E-state index contributed by atoms with van der Waals surface area (Å²) in [6.07, 6.45) is 0. The van der Waals surface area contributed by atoms with Crippen LogP contribution in [0.5, 0.6) is 5.88 Å². The van der Waals surface area contributed by atoms with Gasteiger partial charge in [0.2, 0.25) is 11.8 Å². The van der Waals surface area contributed by atoms with Crippen molar-refractivity contribution in [2.24, 2.45) is 5.92 Å². The van der Waals surface area contributed by atoms with Crippen molar-refractivity contribution >= 4 is 5.90 Å². The van der Waals surface area contributed by atoms with Gasteiger partial charge in [-0.05, 0) is 31.5 Å². The molecule has 5 nitrogen and oxygen atoms in total. The molecule has 4 rings (SSSR count). The van der Waals surface area contributed by atoms with Gasteiger partial charge in [-0.3, -0.25) is 5.41 Å². The van der Waals surface area contributed by atoms with E-state index < -0.39 is 5.92 Å². The highest BCUT2D eigenvalue weighted by atomic mass is 16.5. The lowest BCUT2D eigenvalue weighted by molar-refractivity contribution is 0.424. The Balaban J connectivity index is 1.94. The number of hydrogen-bond donors (Lipinski definition) is 1. The summed E-state index contributed by atoms with van der Waals surface area (Å²) in [6.45, 7) is 3.95. The summed E-state index contributed by atoms with van der Waals surface area (Å²) in [5.41, 5.74) is 4.69. The number of ether oxygens (including phenoxy) is 1. The number of nitrogens with one attached hydrogen (secondary N) is 1. The zero-order valence-corrected chi connectivity index (χ0v) is 14.6. The monoisotopic (exact) mass is 342 g/mol. The second-order valence-corrected chi connectivity index (χ2v) is 6.51. The van der Waals surface area contributed by atoms with Crippen LogP contribution in [0, 0.1) is 36.5 Å². The highest BCUT2D eigenvalue weighted by Crippen LogP contribution is 2.44. The molecule has 1 aliphatic heterocycles. The number of para-hydroxylation sites is 1. The summed E-state index contributed by atoms with van der Waals surface area (Å²) in [7, 11) is 0. The first-order valence-corrected chi connectivity index (χ1v) is 8.47. The van der Waals surface area contributed by atoms with Crippen molar-refractivity contribution in [3.8, 4) is 17.6 Å². The molecule has 0 aliphatic carbocycles. The molecule has 0 bridgehead atoms. The van der Waals surface area contributed by atoms with Crippen LogP contribution in [0.25, 0.3) is 5.69 Å². The van der Waals surface area contributed by atoms with Crippen molar-refractivity contribution in [1.29, 1.82) is 10.7 Å². The summed E-state index contributed by atoms with van der Waals surface area (Å²) >= 11 is 0. The maximum atomic E-state index is 9.69. The van der Waals surface area contributed by atoms with Gasteiger partial charge in [0.15, 0.2) is 0 Å². The number of fused-ring (bicyclic) bond motifs is 1. The molecule has 2 aromatic carbocycles. The van der Waals surface area contributed by atoms with Crippen LogP contribution in [0.3, 0.4) is 0 Å². The van der Waals surface area contributed by atoms with E-state index >= 15 is 0 Å². The number of nitrogens with zero attached hydrogens (tertiary/aromatic N) is 3. The molecule has 1 aliphatic rings. The highest BCUT2D eigenvalue weighted by molar-refractivity contribution is 5.85. The Morgan fingerprint density at radius 1 is 1.08 bits per heavy atom. The van der Waals surface area contributed by atoms with Crippen LogP contribution in [0.1, 0.15) is 28.3 Å². The first-order chi connectivity index (χ1) is 12.6. The SMILES string of the molecule is Cc1ccc(C2c3c(C)nn(-c4ccccc4)c3OC(=N)C2C#N)cc1. The molecule has 26 heavy (non-hydrogen) atoms. The number of rotatable bonds is 2. The summed E-state index contributed by atoms with van der Waals surface area (Å²) in [5, 5.41) is 22.6. The van der Waals surface area contributed by atoms with E-state index in [0.717, 1.165) is 28.1 Å². The van der Waals surface area contributed by atoms with Crippen LogP contribution >= 0.6 is 0 Å². The lowest BCUT2D eigenvalue weighted by atomic mass is 9.79. The lowest BCUT2D eigenvalue weighted by Crippen LogP contribution is -2.31. The number of nitriles is 1. The Labute approximate surface area is 152 Å². The molecular formula is C21H18N4O. The Hall–Kier alpha value is -3.39. The van der Waals surface area contributed by atoms with Crippen LogP contribution in [-0.4, -0.2) is 15.7 Å². The molecule has 128 valence electrons. The van der Waals surface area contributed by atoms with E-state index in [0.29, 0.717) is 5.88 Å². The fourth-order valence-corrected chi connectivity index (χ4v) is 3.47. The van der Waals surface area contributed by atoms with Gasteiger partial charge in [0.1, 0.15) is 5.92 Å². The van der Waals surface area contributed by atoms with Gasteiger partial charge in [-0.1, -0.05) is 48.0 Å². The van der Waals surface area contributed by atoms with Gasteiger partial charge in [0, 0.05) is 11.5 Å². The molecule has 0 saturated carbocycles. The van der Waals surface area contributed by atoms with E-state index in [2.05, 4.69) is 11.2 Å². The smallest absolute Gasteiger partial charge is 0.228 e. The largest absolute Gasteiger partial charge is 0.423 e. The average molecular weight is 342 g/mol. The van der Waals surface area contributed by atoms with Gasteiger partial charge in [-0.2, -0.15) is 10.4 Å². The number of benzene rings is 2. The fourth-order valence-electron chi connectivity index (χ4n) is 3.47. The Bertz CT molecular complexity index is 1010. The van der Waals surface area contributed by atoms with Gasteiger partial charge in [0.05, 0.1) is 17.5 Å². The predicted molar refractivity (Wildman–Crippen MR) is 98.8 cm³/mol. The molecule has 0 amide bonds. The highest BCUT2D eigenvalue weighted by Gasteiger charge is 2.41. The predicted octanol–water partition coefficient (Wildman–Crippen LogP) is 4.13. The summed E-state index contributed by atoms with van der Waals surface area (Å²) < 4.78 is 7.49. The molecule has 0 saturated heterocycles. The van der Waals surface area contributed by atoms with E-state index in [1.807, 2.05) is 68.4 Å². The van der Waals surface area contributed by atoms with Gasteiger partial charge in [0.25, 0.3) is 0 Å². The molecule has 3 aromatic rings. The van der Waals surface area contributed by atoms with Crippen molar-refractivity contribution in [3.63, 3.8) is 0 Å². The zero-order chi connectivity index (χ0) is 18.3. The van der Waals surface area contributed by atoms with Crippen LogP contribution < -0.4 is 4.74 Å². The normalized spacial score (nSPS) is 18.7. The van der Waals surface area contributed by atoms with Gasteiger partial charge in [-0.25, -0.2) is 4.68 Å². The molecule has 5 heteroatoms. The molecule has 0 radical (unpaired) electrons. The third-order valence-electron chi connectivity index (χ3n) is 4.77.